The van der Waals surface area contributed by atoms with Crippen molar-refractivity contribution in [2.45, 2.75) is 38.3 Å². The molecule has 1 aliphatic rings. The van der Waals surface area contributed by atoms with Gasteiger partial charge in [0.15, 0.2) is 11.5 Å². The number of aldehydes is 1. The zero-order valence-electron chi connectivity index (χ0n) is 12.5. The van der Waals surface area contributed by atoms with E-state index in [-0.39, 0.29) is 6.10 Å². The van der Waals surface area contributed by atoms with Gasteiger partial charge in [-0.05, 0) is 51.6 Å². The Morgan fingerprint density at radius 1 is 1.35 bits per heavy atom. The van der Waals surface area contributed by atoms with Gasteiger partial charge in [-0.1, -0.05) is 6.42 Å². The van der Waals surface area contributed by atoms with E-state index in [4.69, 9.17) is 9.47 Å². The normalized spacial score (nSPS) is 21.2. The molecule has 1 heterocycles. The minimum Gasteiger partial charge on any atom is -0.493 e. The molecule has 0 amide bonds. The third-order valence-electron chi connectivity index (χ3n) is 4.01. The molecule has 1 aromatic carbocycles. The van der Waals surface area contributed by atoms with Crippen molar-refractivity contribution in [1.82, 2.24) is 4.90 Å². The quantitative estimate of drug-likeness (QED) is 0.776. The van der Waals surface area contributed by atoms with Crippen molar-refractivity contribution in [3.8, 4) is 11.5 Å². The Labute approximate surface area is 120 Å². The van der Waals surface area contributed by atoms with Gasteiger partial charge in [0.1, 0.15) is 12.4 Å². The molecule has 2 rings (SSSR count). The summed E-state index contributed by atoms with van der Waals surface area (Å²) in [6, 6.07) is 5.66. The van der Waals surface area contributed by atoms with Crippen LogP contribution >= 0.6 is 0 Å². The second-order valence-electron chi connectivity index (χ2n) is 5.39. The SMILES string of the molecule is COc1ccc(C=O)cc1OC(C)C1CCCCN1C. The number of carbonyl (C=O) groups excluding carboxylic acids is 1. The van der Waals surface area contributed by atoms with Crippen molar-refractivity contribution >= 4 is 6.29 Å². The van der Waals surface area contributed by atoms with Crippen molar-refractivity contribution in [1.29, 1.82) is 0 Å². The Balaban J connectivity index is 2.13. The van der Waals surface area contributed by atoms with Gasteiger partial charge in [-0.25, -0.2) is 0 Å². The third kappa shape index (κ3) is 3.31. The fourth-order valence-corrected chi connectivity index (χ4v) is 2.83. The molecule has 2 unspecified atom stereocenters. The molecule has 0 spiro atoms. The topological polar surface area (TPSA) is 38.8 Å². The summed E-state index contributed by atoms with van der Waals surface area (Å²) in [5.41, 5.74) is 0.602. The van der Waals surface area contributed by atoms with Crippen molar-refractivity contribution in [3.63, 3.8) is 0 Å². The molecule has 0 bridgehead atoms. The molecule has 1 aliphatic heterocycles. The molecular weight excluding hydrogens is 254 g/mol. The lowest BCUT2D eigenvalue weighted by Gasteiger charge is -2.36. The summed E-state index contributed by atoms with van der Waals surface area (Å²) in [6.45, 7) is 3.20. The van der Waals surface area contributed by atoms with E-state index in [2.05, 4.69) is 18.9 Å². The minimum atomic E-state index is 0.0658. The zero-order chi connectivity index (χ0) is 14.5. The number of nitrogens with zero attached hydrogens (tertiary/aromatic N) is 1. The average Bonchev–Trinajstić information content (AvgIpc) is 2.47. The number of ether oxygens (including phenoxy) is 2. The average molecular weight is 277 g/mol. The summed E-state index contributed by atoms with van der Waals surface area (Å²) in [6.07, 6.45) is 4.53. The van der Waals surface area contributed by atoms with Gasteiger partial charge in [0.05, 0.1) is 7.11 Å². The van der Waals surface area contributed by atoms with Crippen LogP contribution in [0.3, 0.4) is 0 Å². The first kappa shape index (κ1) is 14.9. The molecule has 0 aromatic heterocycles. The first-order valence-electron chi connectivity index (χ1n) is 7.16. The highest BCUT2D eigenvalue weighted by Gasteiger charge is 2.26. The smallest absolute Gasteiger partial charge is 0.162 e. The van der Waals surface area contributed by atoms with Crippen LogP contribution in [0, 0.1) is 0 Å². The van der Waals surface area contributed by atoms with E-state index in [1.54, 1.807) is 25.3 Å². The highest BCUT2D eigenvalue weighted by atomic mass is 16.5. The highest BCUT2D eigenvalue weighted by molar-refractivity contribution is 5.76. The van der Waals surface area contributed by atoms with E-state index in [0.717, 1.165) is 19.3 Å². The van der Waals surface area contributed by atoms with Crippen molar-refractivity contribution in [2.24, 2.45) is 0 Å². The van der Waals surface area contributed by atoms with Crippen LogP contribution in [-0.2, 0) is 0 Å². The maximum Gasteiger partial charge on any atom is 0.162 e. The molecule has 4 nitrogen and oxygen atoms in total. The Kier molecular flexibility index (Phi) is 5.01. The van der Waals surface area contributed by atoms with Crippen LogP contribution in [0.5, 0.6) is 11.5 Å². The van der Waals surface area contributed by atoms with Gasteiger partial charge in [0.2, 0.25) is 0 Å². The number of hydrogen-bond donors (Lipinski definition) is 0. The molecule has 4 heteroatoms. The first-order chi connectivity index (χ1) is 9.65. The summed E-state index contributed by atoms with van der Waals surface area (Å²) in [5.74, 6) is 1.31. The Morgan fingerprint density at radius 3 is 2.80 bits per heavy atom. The van der Waals surface area contributed by atoms with E-state index >= 15 is 0 Å². The molecule has 20 heavy (non-hydrogen) atoms. The first-order valence-corrected chi connectivity index (χ1v) is 7.16. The van der Waals surface area contributed by atoms with Crippen LogP contribution < -0.4 is 9.47 Å². The number of rotatable bonds is 5. The molecular formula is C16H23NO3. The van der Waals surface area contributed by atoms with Gasteiger partial charge in [0.25, 0.3) is 0 Å². The fraction of sp³-hybridized carbons (Fsp3) is 0.562. The lowest BCUT2D eigenvalue weighted by atomic mass is 9.99. The van der Waals surface area contributed by atoms with E-state index in [9.17, 15) is 4.79 Å². The Hall–Kier alpha value is -1.55. The number of piperidine rings is 1. The maximum absolute atomic E-state index is 10.9. The molecule has 0 N–H and O–H groups in total. The molecule has 0 aliphatic carbocycles. The predicted molar refractivity (Wildman–Crippen MR) is 78.7 cm³/mol. The van der Waals surface area contributed by atoms with Crippen LogP contribution in [-0.4, -0.2) is 44.0 Å². The third-order valence-corrected chi connectivity index (χ3v) is 4.01. The van der Waals surface area contributed by atoms with Gasteiger partial charge in [-0.3, -0.25) is 9.69 Å². The second-order valence-corrected chi connectivity index (χ2v) is 5.39. The molecule has 1 fully saturated rings. The van der Waals surface area contributed by atoms with Crippen LogP contribution in [0.25, 0.3) is 0 Å². The van der Waals surface area contributed by atoms with Gasteiger partial charge in [-0.2, -0.15) is 0 Å². The Bertz CT molecular complexity index is 461. The Morgan fingerprint density at radius 2 is 2.15 bits per heavy atom. The minimum absolute atomic E-state index is 0.0658. The second kappa shape index (κ2) is 6.75. The number of benzene rings is 1. The standard InChI is InChI=1S/C16H23NO3/c1-12(14-6-4-5-9-17(14)2)20-16-10-13(11-18)7-8-15(16)19-3/h7-8,10-12,14H,4-6,9H2,1-3H3. The van der Waals surface area contributed by atoms with Crippen molar-refractivity contribution in [2.75, 3.05) is 20.7 Å². The number of carbonyl (C=O) groups is 1. The molecule has 0 saturated carbocycles. The van der Waals surface area contributed by atoms with E-state index in [0.29, 0.717) is 23.1 Å². The fourth-order valence-electron chi connectivity index (χ4n) is 2.83. The molecule has 1 saturated heterocycles. The molecule has 1 aromatic rings. The highest BCUT2D eigenvalue weighted by Crippen LogP contribution is 2.30. The monoisotopic (exact) mass is 277 g/mol. The van der Waals surface area contributed by atoms with E-state index in [1.807, 2.05) is 0 Å². The molecule has 110 valence electrons. The number of likely N-dealkylation sites (tertiary alicyclic amines) is 1. The molecule has 2 atom stereocenters. The summed E-state index contributed by atoms with van der Waals surface area (Å²) >= 11 is 0. The van der Waals surface area contributed by atoms with Gasteiger partial charge in [0, 0.05) is 11.6 Å². The van der Waals surface area contributed by atoms with Crippen LogP contribution in [0.2, 0.25) is 0 Å². The number of methoxy groups -OCH3 is 1. The molecule has 0 radical (unpaired) electrons. The van der Waals surface area contributed by atoms with Crippen LogP contribution in [0.4, 0.5) is 0 Å². The van der Waals surface area contributed by atoms with Gasteiger partial charge >= 0.3 is 0 Å². The van der Waals surface area contributed by atoms with E-state index in [1.165, 1.54) is 12.8 Å². The lowest BCUT2D eigenvalue weighted by Crippen LogP contribution is -2.45. The number of likely N-dealkylation sites (N-methyl/N-ethyl adjacent to an activating group) is 1. The van der Waals surface area contributed by atoms with Crippen molar-refractivity contribution in [3.05, 3.63) is 23.8 Å². The summed E-state index contributed by atoms with van der Waals surface area (Å²) in [7, 11) is 3.75. The zero-order valence-corrected chi connectivity index (χ0v) is 12.5. The van der Waals surface area contributed by atoms with E-state index < -0.39 is 0 Å². The number of hydrogen-bond acceptors (Lipinski definition) is 4. The van der Waals surface area contributed by atoms with Crippen LogP contribution in [0.15, 0.2) is 18.2 Å². The summed E-state index contributed by atoms with van der Waals surface area (Å²) in [4.78, 5) is 13.2. The maximum atomic E-state index is 10.9. The van der Waals surface area contributed by atoms with Gasteiger partial charge < -0.3 is 9.47 Å². The van der Waals surface area contributed by atoms with Gasteiger partial charge in [-0.15, -0.1) is 0 Å². The predicted octanol–water partition coefficient (Wildman–Crippen LogP) is 2.76. The van der Waals surface area contributed by atoms with Crippen molar-refractivity contribution < 1.29 is 14.3 Å². The largest absolute Gasteiger partial charge is 0.493 e. The summed E-state index contributed by atoms with van der Waals surface area (Å²) in [5, 5.41) is 0. The summed E-state index contributed by atoms with van der Waals surface area (Å²) < 4.78 is 11.4. The lowest BCUT2D eigenvalue weighted by molar-refractivity contribution is 0.0667. The van der Waals surface area contributed by atoms with Crippen LogP contribution in [0.1, 0.15) is 36.5 Å².